The third kappa shape index (κ3) is 5.89. The Labute approximate surface area is 174 Å². The highest BCUT2D eigenvalue weighted by Crippen LogP contribution is 2.24. The summed E-state index contributed by atoms with van der Waals surface area (Å²) in [7, 11) is 0. The first-order chi connectivity index (χ1) is 13.9. The minimum atomic E-state index is -0.136. The van der Waals surface area contributed by atoms with Crippen molar-refractivity contribution in [1.82, 2.24) is 10.2 Å². The van der Waals surface area contributed by atoms with Crippen molar-refractivity contribution in [2.75, 3.05) is 16.4 Å². The van der Waals surface area contributed by atoms with Gasteiger partial charge in [0, 0.05) is 23.9 Å². The maximum absolute atomic E-state index is 12.2. The van der Waals surface area contributed by atoms with Gasteiger partial charge in [0.05, 0.1) is 11.4 Å². The molecule has 2 N–H and O–H groups in total. The molecule has 7 heteroatoms. The Hall–Kier alpha value is -3.19. The average molecular weight is 407 g/mol. The fourth-order valence-electron chi connectivity index (χ4n) is 2.73. The Bertz CT molecular complexity index is 1020. The molecule has 0 radical (unpaired) electrons. The van der Waals surface area contributed by atoms with E-state index in [0.29, 0.717) is 16.4 Å². The van der Waals surface area contributed by atoms with E-state index >= 15 is 0 Å². The quantitative estimate of drug-likeness (QED) is 0.591. The third-order valence-electron chi connectivity index (χ3n) is 4.15. The van der Waals surface area contributed by atoms with Gasteiger partial charge in [0.2, 0.25) is 11.8 Å². The van der Waals surface area contributed by atoms with Crippen LogP contribution in [0.1, 0.15) is 18.1 Å². The van der Waals surface area contributed by atoms with Crippen LogP contribution < -0.4 is 10.6 Å². The summed E-state index contributed by atoms with van der Waals surface area (Å²) in [5, 5.41) is 14.7. The molecule has 2 aromatic carbocycles. The number of benzene rings is 2. The maximum Gasteiger partial charge on any atom is 0.234 e. The number of carbonyl (C=O) groups excluding carboxylic acids is 2. The van der Waals surface area contributed by atoms with Crippen LogP contribution in [0.3, 0.4) is 0 Å². The van der Waals surface area contributed by atoms with E-state index in [2.05, 4.69) is 39.0 Å². The number of aryl methyl sites for hydroxylation is 2. The number of carbonyl (C=O) groups is 2. The Balaban J connectivity index is 1.55. The zero-order valence-electron chi connectivity index (χ0n) is 16.5. The van der Waals surface area contributed by atoms with Crippen LogP contribution in [0, 0.1) is 13.8 Å². The summed E-state index contributed by atoms with van der Waals surface area (Å²) in [5.74, 6) is -0.0455. The van der Waals surface area contributed by atoms with Gasteiger partial charge in [-0.25, -0.2) is 0 Å². The van der Waals surface area contributed by atoms with Crippen molar-refractivity contribution in [2.24, 2.45) is 0 Å². The molecular formula is C22H22N4O2S. The average Bonchev–Trinajstić information content (AvgIpc) is 2.70. The lowest BCUT2D eigenvalue weighted by molar-refractivity contribution is -0.114. The topological polar surface area (TPSA) is 84.0 Å². The minimum Gasteiger partial charge on any atom is -0.326 e. The smallest absolute Gasteiger partial charge is 0.234 e. The van der Waals surface area contributed by atoms with E-state index in [1.165, 1.54) is 24.2 Å². The van der Waals surface area contributed by atoms with E-state index in [0.717, 1.165) is 16.8 Å². The van der Waals surface area contributed by atoms with Crippen LogP contribution in [0.4, 0.5) is 11.4 Å². The highest BCUT2D eigenvalue weighted by atomic mass is 32.2. The Morgan fingerprint density at radius 3 is 2.21 bits per heavy atom. The zero-order chi connectivity index (χ0) is 20.8. The Morgan fingerprint density at radius 1 is 0.897 bits per heavy atom. The van der Waals surface area contributed by atoms with Gasteiger partial charge in [-0.1, -0.05) is 29.5 Å². The maximum atomic E-state index is 12.2. The molecular weight excluding hydrogens is 384 g/mol. The molecule has 2 amide bonds. The molecule has 0 atom stereocenters. The van der Waals surface area contributed by atoms with Gasteiger partial charge in [-0.3, -0.25) is 9.59 Å². The van der Waals surface area contributed by atoms with Crippen molar-refractivity contribution in [3.63, 3.8) is 0 Å². The molecule has 0 spiro atoms. The lowest BCUT2D eigenvalue weighted by Crippen LogP contribution is -2.14. The molecule has 0 aliphatic carbocycles. The molecule has 1 heterocycles. The summed E-state index contributed by atoms with van der Waals surface area (Å²) < 4.78 is 0. The summed E-state index contributed by atoms with van der Waals surface area (Å²) in [6, 6.07) is 17.0. The van der Waals surface area contributed by atoms with E-state index in [1.807, 2.05) is 26.0 Å². The second-order valence-electron chi connectivity index (χ2n) is 6.67. The summed E-state index contributed by atoms with van der Waals surface area (Å²) in [5.41, 5.74) is 5.56. The predicted molar refractivity (Wildman–Crippen MR) is 117 cm³/mol. The first kappa shape index (κ1) is 20.5. The molecule has 3 rings (SSSR count). The molecule has 0 aliphatic rings. The molecule has 6 nitrogen and oxygen atoms in total. The van der Waals surface area contributed by atoms with Gasteiger partial charge < -0.3 is 10.6 Å². The molecule has 0 bridgehead atoms. The fraction of sp³-hybridized carbons (Fsp3) is 0.182. The lowest BCUT2D eigenvalue weighted by atomic mass is 10.0. The van der Waals surface area contributed by atoms with Gasteiger partial charge in [0.15, 0.2) is 0 Å². The number of aromatic nitrogens is 2. The molecule has 0 aliphatic heterocycles. The first-order valence-electron chi connectivity index (χ1n) is 9.12. The van der Waals surface area contributed by atoms with Crippen molar-refractivity contribution in [1.29, 1.82) is 0 Å². The minimum absolute atomic E-state index is 0.136. The van der Waals surface area contributed by atoms with Gasteiger partial charge in [-0.05, 0) is 61.9 Å². The molecule has 0 saturated heterocycles. The van der Waals surface area contributed by atoms with Crippen molar-refractivity contribution in [3.8, 4) is 11.3 Å². The largest absolute Gasteiger partial charge is 0.326 e. The zero-order valence-corrected chi connectivity index (χ0v) is 17.3. The van der Waals surface area contributed by atoms with Crippen molar-refractivity contribution in [2.45, 2.75) is 25.8 Å². The van der Waals surface area contributed by atoms with Crippen LogP contribution >= 0.6 is 11.8 Å². The molecule has 29 heavy (non-hydrogen) atoms. The van der Waals surface area contributed by atoms with Gasteiger partial charge in [-0.15, -0.1) is 10.2 Å². The van der Waals surface area contributed by atoms with Gasteiger partial charge >= 0.3 is 0 Å². The second-order valence-corrected chi connectivity index (χ2v) is 7.67. The molecule has 3 aromatic rings. The molecule has 1 aromatic heterocycles. The number of hydrogen-bond donors (Lipinski definition) is 2. The first-order valence-corrected chi connectivity index (χ1v) is 10.1. The van der Waals surface area contributed by atoms with Crippen molar-refractivity contribution in [3.05, 3.63) is 65.7 Å². The van der Waals surface area contributed by atoms with Gasteiger partial charge in [0.25, 0.3) is 0 Å². The van der Waals surface area contributed by atoms with Crippen LogP contribution in [0.15, 0.2) is 59.6 Å². The third-order valence-corrected chi connectivity index (χ3v) is 5.07. The number of hydrogen-bond acceptors (Lipinski definition) is 5. The Morgan fingerprint density at radius 2 is 1.59 bits per heavy atom. The van der Waals surface area contributed by atoms with E-state index in [-0.39, 0.29) is 17.6 Å². The van der Waals surface area contributed by atoms with Crippen LogP contribution in [0.25, 0.3) is 11.3 Å². The van der Waals surface area contributed by atoms with Crippen molar-refractivity contribution >= 4 is 35.0 Å². The van der Waals surface area contributed by atoms with Crippen molar-refractivity contribution < 1.29 is 9.59 Å². The molecule has 0 unspecified atom stereocenters. The SMILES string of the molecule is CC(=O)Nc1ccc(NC(=O)CSc2ccc(-c3cc(C)ccc3C)nn2)cc1. The summed E-state index contributed by atoms with van der Waals surface area (Å²) in [4.78, 5) is 23.2. The lowest BCUT2D eigenvalue weighted by Gasteiger charge is -2.08. The van der Waals surface area contributed by atoms with Crippen LogP contribution in [-0.4, -0.2) is 27.8 Å². The second kappa shape index (κ2) is 9.34. The molecule has 148 valence electrons. The number of nitrogens with zero attached hydrogens (tertiary/aromatic N) is 2. The highest BCUT2D eigenvalue weighted by molar-refractivity contribution is 7.99. The number of rotatable bonds is 6. The van der Waals surface area contributed by atoms with E-state index in [1.54, 1.807) is 24.3 Å². The number of anilines is 2. The number of amides is 2. The van der Waals surface area contributed by atoms with E-state index in [9.17, 15) is 9.59 Å². The van der Waals surface area contributed by atoms with Gasteiger partial charge in [0.1, 0.15) is 5.03 Å². The highest BCUT2D eigenvalue weighted by Gasteiger charge is 2.08. The predicted octanol–water partition coefficient (Wildman–Crippen LogP) is 4.45. The van der Waals surface area contributed by atoms with Crippen LogP contribution in [-0.2, 0) is 9.59 Å². The summed E-state index contributed by atoms with van der Waals surface area (Å²) >= 11 is 1.33. The van der Waals surface area contributed by atoms with Crippen LogP contribution in [0.2, 0.25) is 0 Å². The molecule has 0 fully saturated rings. The standard InChI is InChI=1S/C22H22N4O2S/c1-14-4-5-15(2)19(12-14)20-10-11-22(26-25-20)29-13-21(28)24-18-8-6-17(7-9-18)23-16(3)27/h4-12H,13H2,1-3H3,(H,23,27)(H,24,28). The van der Waals surface area contributed by atoms with Gasteiger partial charge in [-0.2, -0.15) is 0 Å². The summed E-state index contributed by atoms with van der Waals surface area (Å²) in [6.45, 7) is 5.54. The number of thioether (sulfide) groups is 1. The fourth-order valence-corrected chi connectivity index (χ4v) is 3.34. The monoisotopic (exact) mass is 406 g/mol. The van der Waals surface area contributed by atoms with E-state index < -0.39 is 0 Å². The number of nitrogens with one attached hydrogen (secondary N) is 2. The summed E-state index contributed by atoms with van der Waals surface area (Å²) in [6.07, 6.45) is 0. The Kier molecular flexibility index (Phi) is 6.61. The van der Waals surface area contributed by atoms with E-state index in [4.69, 9.17) is 0 Å². The molecule has 0 saturated carbocycles. The van der Waals surface area contributed by atoms with Crippen LogP contribution in [0.5, 0.6) is 0 Å². The normalized spacial score (nSPS) is 10.4.